The highest BCUT2D eigenvalue weighted by atomic mass is 79.9. The molecule has 0 saturated carbocycles. The molecular formula is C26H15Br. The molecule has 0 aliphatic heterocycles. The summed E-state index contributed by atoms with van der Waals surface area (Å²) in [6.07, 6.45) is 0. The maximum Gasteiger partial charge on any atom is 0.0260 e. The zero-order chi connectivity index (χ0) is 18.0. The van der Waals surface area contributed by atoms with E-state index in [1.165, 1.54) is 54.2 Å². The zero-order valence-electron chi connectivity index (χ0n) is 14.5. The second-order valence-corrected chi connectivity index (χ2v) is 8.01. The lowest BCUT2D eigenvalue weighted by Gasteiger charge is -2.16. The van der Waals surface area contributed by atoms with Crippen LogP contribution in [-0.2, 0) is 0 Å². The molecule has 0 heterocycles. The quantitative estimate of drug-likeness (QED) is 0.241. The average molecular weight is 407 g/mol. The third kappa shape index (κ3) is 2.15. The molecule has 0 fully saturated rings. The van der Waals surface area contributed by atoms with E-state index in [0.29, 0.717) is 0 Å². The molecule has 0 spiro atoms. The second-order valence-electron chi connectivity index (χ2n) is 7.15. The molecule has 0 atom stereocenters. The van der Waals surface area contributed by atoms with Gasteiger partial charge in [-0.1, -0.05) is 88.7 Å². The maximum atomic E-state index is 3.77. The van der Waals surface area contributed by atoms with Crippen LogP contribution in [0.1, 0.15) is 0 Å². The van der Waals surface area contributed by atoms with Gasteiger partial charge in [0.05, 0.1) is 0 Å². The molecule has 0 unspecified atom stereocenters. The Labute approximate surface area is 165 Å². The van der Waals surface area contributed by atoms with Gasteiger partial charge in [0.2, 0.25) is 0 Å². The van der Waals surface area contributed by atoms with Crippen LogP contribution >= 0.6 is 15.9 Å². The van der Waals surface area contributed by atoms with Crippen LogP contribution in [0.4, 0.5) is 0 Å². The van der Waals surface area contributed by atoms with Gasteiger partial charge in [0, 0.05) is 4.47 Å². The molecule has 0 aromatic heterocycles. The smallest absolute Gasteiger partial charge is 0.0260 e. The van der Waals surface area contributed by atoms with Gasteiger partial charge in [0.15, 0.2) is 0 Å². The van der Waals surface area contributed by atoms with E-state index < -0.39 is 0 Å². The fraction of sp³-hybridized carbons (Fsp3) is 0. The molecule has 0 bridgehead atoms. The predicted molar refractivity (Wildman–Crippen MR) is 121 cm³/mol. The van der Waals surface area contributed by atoms with E-state index in [1.807, 2.05) is 0 Å². The summed E-state index contributed by atoms with van der Waals surface area (Å²) in [7, 11) is 0. The van der Waals surface area contributed by atoms with Crippen LogP contribution in [0.3, 0.4) is 0 Å². The molecule has 1 heteroatoms. The Balaban J connectivity index is 1.80. The topological polar surface area (TPSA) is 0 Å². The van der Waals surface area contributed by atoms with Crippen LogP contribution in [-0.4, -0.2) is 0 Å². The Morgan fingerprint density at radius 3 is 2.00 bits per heavy atom. The SMILES string of the molecule is Brc1cc2cccc3c(-c4ccc5ccccc5c4)cc4cccc1c4c23. The number of rotatable bonds is 1. The van der Waals surface area contributed by atoms with Gasteiger partial charge < -0.3 is 0 Å². The van der Waals surface area contributed by atoms with E-state index in [4.69, 9.17) is 0 Å². The van der Waals surface area contributed by atoms with Gasteiger partial charge >= 0.3 is 0 Å². The van der Waals surface area contributed by atoms with E-state index in [-0.39, 0.29) is 0 Å². The molecule has 0 nitrogen and oxygen atoms in total. The van der Waals surface area contributed by atoms with Crippen LogP contribution in [0.25, 0.3) is 54.2 Å². The lowest BCUT2D eigenvalue weighted by atomic mass is 9.88. The Bertz CT molecular complexity index is 1480. The Kier molecular flexibility index (Phi) is 3.12. The van der Waals surface area contributed by atoms with Gasteiger partial charge in [0.25, 0.3) is 0 Å². The molecule has 27 heavy (non-hydrogen) atoms. The first-order valence-electron chi connectivity index (χ1n) is 9.15. The van der Waals surface area contributed by atoms with E-state index >= 15 is 0 Å². The summed E-state index contributed by atoms with van der Waals surface area (Å²) >= 11 is 3.77. The summed E-state index contributed by atoms with van der Waals surface area (Å²) in [6, 6.07) is 33.1. The molecule has 0 aliphatic carbocycles. The van der Waals surface area contributed by atoms with Gasteiger partial charge in [0.1, 0.15) is 0 Å². The van der Waals surface area contributed by atoms with E-state index in [2.05, 4.69) is 107 Å². The zero-order valence-corrected chi connectivity index (χ0v) is 16.1. The van der Waals surface area contributed by atoms with E-state index in [9.17, 15) is 0 Å². The maximum absolute atomic E-state index is 3.77. The lowest BCUT2D eigenvalue weighted by Crippen LogP contribution is -1.89. The molecule has 0 radical (unpaired) electrons. The molecule has 0 N–H and O–H groups in total. The molecular weight excluding hydrogens is 392 g/mol. The minimum absolute atomic E-state index is 1.16. The number of hydrogen-bond donors (Lipinski definition) is 0. The van der Waals surface area contributed by atoms with Crippen LogP contribution < -0.4 is 0 Å². The summed E-state index contributed by atoms with van der Waals surface area (Å²) in [5, 5.41) is 10.4. The lowest BCUT2D eigenvalue weighted by molar-refractivity contribution is 1.69. The van der Waals surface area contributed by atoms with Crippen molar-refractivity contribution in [3.8, 4) is 11.1 Å². The van der Waals surface area contributed by atoms with Gasteiger partial charge in [-0.25, -0.2) is 0 Å². The van der Waals surface area contributed by atoms with E-state index in [1.54, 1.807) is 0 Å². The van der Waals surface area contributed by atoms with Crippen molar-refractivity contribution < 1.29 is 0 Å². The highest BCUT2D eigenvalue weighted by Crippen LogP contribution is 2.42. The standard InChI is InChI=1S/C26H15Br/c27-24-15-20-8-3-9-21-23(14-19-7-4-10-22(24)26(19)25(20)21)18-12-11-16-5-1-2-6-17(16)13-18/h1-15H. The number of halogens is 1. The normalized spacial score (nSPS) is 11.9. The van der Waals surface area contributed by atoms with Crippen molar-refractivity contribution in [1.82, 2.24) is 0 Å². The predicted octanol–water partition coefficient (Wildman–Crippen LogP) is 8.17. The Morgan fingerprint density at radius 2 is 1.15 bits per heavy atom. The van der Waals surface area contributed by atoms with Crippen LogP contribution in [0.15, 0.2) is 95.5 Å². The van der Waals surface area contributed by atoms with Crippen molar-refractivity contribution in [2.45, 2.75) is 0 Å². The third-order valence-corrected chi connectivity index (χ3v) is 6.29. The highest BCUT2D eigenvalue weighted by molar-refractivity contribution is 9.10. The highest BCUT2D eigenvalue weighted by Gasteiger charge is 2.14. The summed E-state index contributed by atoms with van der Waals surface area (Å²) in [5.41, 5.74) is 2.57. The Morgan fingerprint density at radius 1 is 0.481 bits per heavy atom. The van der Waals surface area contributed by atoms with Gasteiger partial charge in [-0.3, -0.25) is 0 Å². The van der Waals surface area contributed by atoms with Crippen molar-refractivity contribution in [2.24, 2.45) is 0 Å². The van der Waals surface area contributed by atoms with Gasteiger partial charge in [-0.2, -0.15) is 0 Å². The summed E-state index contributed by atoms with van der Waals surface area (Å²) in [6.45, 7) is 0. The summed E-state index contributed by atoms with van der Waals surface area (Å²) in [5.74, 6) is 0. The summed E-state index contributed by atoms with van der Waals surface area (Å²) in [4.78, 5) is 0. The molecule has 0 saturated heterocycles. The van der Waals surface area contributed by atoms with Gasteiger partial charge in [-0.15, -0.1) is 0 Å². The largest absolute Gasteiger partial charge is 0.0616 e. The van der Waals surface area contributed by atoms with Crippen molar-refractivity contribution in [3.63, 3.8) is 0 Å². The first-order chi connectivity index (χ1) is 13.3. The minimum atomic E-state index is 1.16. The average Bonchev–Trinajstić information content (AvgIpc) is 2.72. The monoisotopic (exact) mass is 406 g/mol. The Hall–Kier alpha value is -2.90. The van der Waals surface area contributed by atoms with Crippen molar-refractivity contribution in [1.29, 1.82) is 0 Å². The van der Waals surface area contributed by atoms with Crippen LogP contribution in [0.2, 0.25) is 0 Å². The van der Waals surface area contributed by atoms with Gasteiger partial charge in [-0.05, 0) is 72.4 Å². The minimum Gasteiger partial charge on any atom is -0.0616 e. The fourth-order valence-electron chi connectivity index (χ4n) is 4.41. The molecule has 126 valence electrons. The third-order valence-electron chi connectivity index (χ3n) is 5.63. The van der Waals surface area contributed by atoms with Crippen molar-refractivity contribution in [3.05, 3.63) is 95.5 Å². The van der Waals surface area contributed by atoms with Crippen molar-refractivity contribution >= 4 is 59.0 Å². The fourth-order valence-corrected chi connectivity index (χ4v) is 4.98. The van der Waals surface area contributed by atoms with Crippen LogP contribution in [0.5, 0.6) is 0 Å². The first-order valence-corrected chi connectivity index (χ1v) is 9.94. The second kappa shape index (κ2) is 5.55. The van der Waals surface area contributed by atoms with E-state index in [0.717, 1.165) is 4.47 Å². The number of benzene rings is 6. The molecule has 6 rings (SSSR count). The van der Waals surface area contributed by atoms with Crippen LogP contribution in [0, 0.1) is 0 Å². The molecule has 6 aromatic carbocycles. The molecule has 0 aliphatic rings. The first kappa shape index (κ1) is 15.2. The van der Waals surface area contributed by atoms with Crippen molar-refractivity contribution in [2.75, 3.05) is 0 Å². The summed E-state index contributed by atoms with van der Waals surface area (Å²) < 4.78 is 1.16. The number of hydrogen-bond acceptors (Lipinski definition) is 0. The molecule has 0 amide bonds. The molecule has 6 aromatic rings. The number of fused-ring (bicyclic) bond motifs is 1.